The highest BCUT2D eigenvalue weighted by Gasteiger charge is 2.46. The van der Waals surface area contributed by atoms with Crippen LogP contribution in [0, 0.1) is 5.92 Å². The van der Waals surface area contributed by atoms with Gasteiger partial charge in [0.15, 0.2) is 0 Å². The molecule has 2 aliphatic rings. The average molecular weight is 226 g/mol. The molecule has 0 aromatic heterocycles. The molecule has 0 radical (unpaired) electrons. The van der Waals surface area contributed by atoms with Crippen LogP contribution in [0.25, 0.3) is 0 Å². The fourth-order valence-corrected chi connectivity index (χ4v) is 2.68. The Morgan fingerprint density at radius 1 is 1.56 bits per heavy atom. The molecule has 2 unspecified atom stereocenters. The van der Waals surface area contributed by atoms with Crippen LogP contribution in [-0.2, 0) is 19.1 Å². The zero-order valence-corrected chi connectivity index (χ0v) is 9.66. The van der Waals surface area contributed by atoms with Gasteiger partial charge < -0.3 is 9.47 Å². The summed E-state index contributed by atoms with van der Waals surface area (Å²) < 4.78 is 10.7. The molecule has 0 aromatic carbocycles. The van der Waals surface area contributed by atoms with Gasteiger partial charge in [0.05, 0.1) is 12.2 Å². The van der Waals surface area contributed by atoms with Crippen molar-refractivity contribution in [1.82, 2.24) is 0 Å². The summed E-state index contributed by atoms with van der Waals surface area (Å²) in [5.41, 5.74) is -0.217. The fraction of sp³-hybridized carbons (Fsp3) is 0.833. The Morgan fingerprint density at radius 2 is 2.38 bits per heavy atom. The molecule has 1 saturated heterocycles. The Labute approximate surface area is 95.3 Å². The lowest BCUT2D eigenvalue weighted by molar-refractivity contribution is -0.158. The second kappa shape index (κ2) is 4.53. The number of carbonyl (C=O) groups is 2. The number of rotatable bonds is 2. The third kappa shape index (κ3) is 2.12. The molecule has 1 aliphatic heterocycles. The number of hydrogen-bond donors (Lipinski definition) is 0. The first-order valence-electron chi connectivity index (χ1n) is 6.00. The van der Waals surface area contributed by atoms with Crippen LogP contribution in [0.3, 0.4) is 0 Å². The lowest BCUT2D eigenvalue weighted by Gasteiger charge is -2.35. The van der Waals surface area contributed by atoms with Crippen molar-refractivity contribution >= 4 is 11.8 Å². The molecular formula is C12H18O4. The van der Waals surface area contributed by atoms with Crippen molar-refractivity contribution in [3.05, 3.63) is 0 Å². The van der Waals surface area contributed by atoms with E-state index in [2.05, 4.69) is 0 Å². The van der Waals surface area contributed by atoms with E-state index in [0.29, 0.717) is 19.4 Å². The van der Waals surface area contributed by atoms with Gasteiger partial charge in [-0.2, -0.15) is 0 Å². The first-order valence-corrected chi connectivity index (χ1v) is 6.00. The van der Waals surface area contributed by atoms with Gasteiger partial charge in [0.2, 0.25) is 0 Å². The molecule has 4 nitrogen and oxygen atoms in total. The second-order valence-corrected chi connectivity index (χ2v) is 4.61. The molecule has 0 N–H and O–H groups in total. The summed E-state index contributed by atoms with van der Waals surface area (Å²) in [4.78, 5) is 23.3. The van der Waals surface area contributed by atoms with Gasteiger partial charge in [0.1, 0.15) is 11.7 Å². The third-order valence-corrected chi connectivity index (χ3v) is 3.55. The van der Waals surface area contributed by atoms with Crippen molar-refractivity contribution in [1.29, 1.82) is 0 Å². The molecule has 90 valence electrons. The molecule has 0 bridgehead atoms. The van der Waals surface area contributed by atoms with Gasteiger partial charge >= 0.3 is 5.97 Å². The number of Topliss-reactive ketones (excluding diaryl/α,β-unsaturated/α-hetero) is 1. The Balaban J connectivity index is 2.05. The van der Waals surface area contributed by atoms with Crippen molar-refractivity contribution in [2.45, 2.75) is 44.6 Å². The first-order chi connectivity index (χ1) is 7.67. The first kappa shape index (κ1) is 11.6. The zero-order valence-electron chi connectivity index (χ0n) is 9.66. The van der Waals surface area contributed by atoms with Crippen molar-refractivity contribution in [2.75, 3.05) is 13.2 Å². The Bertz CT molecular complexity index is 291. The third-order valence-electron chi connectivity index (χ3n) is 3.55. The molecule has 0 aromatic rings. The zero-order chi connectivity index (χ0) is 11.6. The number of ether oxygens (including phenoxy) is 2. The highest BCUT2D eigenvalue weighted by Crippen LogP contribution is 2.40. The minimum atomic E-state index is -0.591. The number of carbonyl (C=O) groups excluding carboxylic acids is 2. The lowest BCUT2D eigenvalue weighted by Crippen LogP contribution is -2.42. The van der Waals surface area contributed by atoms with Crippen molar-refractivity contribution in [3.8, 4) is 0 Å². The maximum Gasteiger partial charge on any atom is 0.316 e. The van der Waals surface area contributed by atoms with Crippen LogP contribution < -0.4 is 0 Å². The van der Waals surface area contributed by atoms with Crippen molar-refractivity contribution in [2.24, 2.45) is 5.92 Å². The van der Waals surface area contributed by atoms with E-state index in [0.717, 1.165) is 25.9 Å². The minimum Gasteiger partial charge on any atom is -0.465 e. The quantitative estimate of drug-likeness (QED) is 0.528. The molecule has 16 heavy (non-hydrogen) atoms. The second-order valence-electron chi connectivity index (χ2n) is 4.61. The summed E-state index contributed by atoms with van der Waals surface area (Å²) in [5, 5.41) is 0. The molecule has 1 aliphatic carbocycles. The molecular weight excluding hydrogens is 208 g/mol. The van der Waals surface area contributed by atoms with Crippen LogP contribution >= 0.6 is 0 Å². The van der Waals surface area contributed by atoms with Crippen LogP contribution in [0.15, 0.2) is 0 Å². The van der Waals surface area contributed by atoms with E-state index >= 15 is 0 Å². The predicted molar refractivity (Wildman–Crippen MR) is 56.9 cm³/mol. The topological polar surface area (TPSA) is 52.6 Å². The lowest BCUT2D eigenvalue weighted by atomic mass is 9.76. The van der Waals surface area contributed by atoms with Crippen LogP contribution in [-0.4, -0.2) is 30.6 Å². The van der Waals surface area contributed by atoms with E-state index in [4.69, 9.17) is 9.47 Å². The van der Waals surface area contributed by atoms with Crippen LogP contribution in [0.1, 0.15) is 39.0 Å². The monoisotopic (exact) mass is 226 g/mol. The molecule has 4 heteroatoms. The highest BCUT2D eigenvalue weighted by atomic mass is 16.5. The summed E-state index contributed by atoms with van der Waals surface area (Å²) in [7, 11) is 0. The largest absolute Gasteiger partial charge is 0.465 e. The van der Waals surface area contributed by atoms with Gasteiger partial charge in [-0.15, -0.1) is 0 Å². The molecule has 1 saturated carbocycles. The van der Waals surface area contributed by atoms with E-state index in [1.807, 2.05) is 0 Å². The Morgan fingerprint density at radius 3 is 3.00 bits per heavy atom. The van der Waals surface area contributed by atoms with Gasteiger partial charge in [0.25, 0.3) is 0 Å². The fourth-order valence-electron chi connectivity index (χ4n) is 2.68. The normalized spacial score (nSPS) is 34.3. The summed E-state index contributed by atoms with van der Waals surface area (Å²) >= 11 is 0. The Hall–Kier alpha value is -0.900. The van der Waals surface area contributed by atoms with Gasteiger partial charge in [-0.3, -0.25) is 9.59 Å². The van der Waals surface area contributed by atoms with E-state index in [9.17, 15) is 9.59 Å². The maximum absolute atomic E-state index is 11.7. The average Bonchev–Trinajstić information content (AvgIpc) is 2.71. The predicted octanol–water partition coefficient (Wildman–Crippen LogP) is 1.47. The van der Waals surface area contributed by atoms with Gasteiger partial charge in [-0.05, 0) is 32.6 Å². The molecule has 1 heterocycles. The molecule has 1 spiro atoms. The van der Waals surface area contributed by atoms with E-state index in [1.54, 1.807) is 6.92 Å². The molecule has 2 atom stereocenters. The van der Waals surface area contributed by atoms with Crippen LogP contribution in [0.4, 0.5) is 0 Å². The summed E-state index contributed by atoms with van der Waals surface area (Å²) in [5.74, 6) is -0.951. The van der Waals surface area contributed by atoms with Crippen LogP contribution in [0.2, 0.25) is 0 Å². The van der Waals surface area contributed by atoms with E-state index in [1.165, 1.54) is 0 Å². The van der Waals surface area contributed by atoms with Crippen LogP contribution in [0.5, 0.6) is 0 Å². The van der Waals surface area contributed by atoms with Crippen molar-refractivity contribution < 1.29 is 19.1 Å². The summed E-state index contributed by atoms with van der Waals surface area (Å²) in [6.45, 7) is 2.84. The highest BCUT2D eigenvalue weighted by molar-refractivity contribution is 5.99. The number of hydrogen-bond acceptors (Lipinski definition) is 4. The van der Waals surface area contributed by atoms with Gasteiger partial charge in [-0.25, -0.2) is 0 Å². The summed E-state index contributed by atoms with van der Waals surface area (Å²) in [6, 6.07) is 0. The van der Waals surface area contributed by atoms with E-state index < -0.39 is 5.92 Å². The van der Waals surface area contributed by atoms with Crippen molar-refractivity contribution in [3.63, 3.8) is 0 Å². The van der Waals surface area contributed by atoms with Gasteiger partial charge in [0, 0.05) is 13.0 Å². The SMILES string of the molecule is CCOC(=O)C1CC2(CCCO2)CCC1=O. The molecule has 2 rings (SSSR count). The van der Waals surface area contributed by atoms with Gasteiger partial charge in [-0.1, -0.05) is 0 Å². The Kier molecular flexibility index (Phi) is 3.28. The number of esters is 1. The maximum atomic E-state index is 11.7. The standard InChI is InChI=1S/C12H18O4/c1-2-15-11(14)9-8-12(5-3-7-16-12)6-4-10(9)13/h9H,2-8H2,1H3. The minimum absolute atomic E-state index is 0.0135. The summed E-state index contributed by atoms with van der Waals surface area (Å²) in [6.07, 6.45) is 3.73. The molecule has 0 amide bonds. The number of ketones is 1. The smallest absolute Gasteiger partial charge is 0.316 e. The molecule has 2 fully saturated rings. The van der Waals surface area contributed by atoms with E-state index in [-0.39, 0.29) is 17.4 Å².